The van der Waals surface area contributed by atoms with Crippen LogP contribution >= 0.6 is 15.9 Å². The van der Waals surface area contributed by atoms with E-state index in [9.17, 15) is 0 Å². The minimum atomic E-state index is 0.231. The Morgan fingerprint density at radius 2 is 1.83 bits per heavy atom. The molecule has 0 aliphatic carbocycles. The zero-order valence-corrected chi connectivity index (χ0v) is 10.5. The van der Waals surface area contributed by atoms with Crippen molar-refractivity contribution in [2.75, 3.05) is 11.1 Å². The van der Waals surface area contributed by atoms with Crippen LogP contribution in [-0.4, -0.2) is 20.3 Å². The van der Waals surface area contributed by atoms with Crippen molar-refractivity contribution < 1.29 is 4.63 Å². The Labute approximate surface area is 110 Å². The van der Waals surface area contributed by atoms with Gasteiger partial charge in [0, 0.05) is 4.47 Å². The van der Waals surface area contributed by atoms with E-state index in [1.54, 1.807) is 0 Å². The second kappa shape index (κ2) is 4.22. The van der Waals surface area contributed by atoms with Gasteiger partial charge < -0.3 is 11.1 Å². The second-order valence-electron chi connectivity index (χ2n) is 3.47. The molecule has 0 aliphatic rings. The fourth-order valence-electron chi connectivity index (χ4n) is 1.43. The minimum Gasteiger partial charge on any atom is -0.381 e. The van der Waals surface area contributed by atoms with Crippen LogP contribution in [0.25, 0.3) is 11.3 Å². The first-order valence-electron chi connectivity index (χ1n) is 5.01. The van der Waals surface area contributed by atoms with Gasteiger partial charge in [-0.05, 0) is 38.4 Å². The molecule has 0 bridgehead atoms. The normalized spacial score (nSPS) is 10.7. The van der Waals surface area contributed by atoms with Crippen LogP contribution in [0.5, 0.6) is 0 Å². The molecule has 0 fully saturated rings. The minimum absolute atomic E-state index is 0.231. The van der Waals surface area contributed by atoms with E-state index in [1.807, 2.05) is 24.3 Å². The van der Waals surface area contributed by atoms with E-state index in [4.69, 9.17) is 5.73 Å². The van der Waals surface area contributed by atoms with Gasteiger partial charge in [-0.15, -0.1) is 0 Å². The lowest BCUT2D eigenvalue weighted by atomic mass is 10.3. The number of hydrogen-bond donors (Lipinski definition) is 2. The molecule has 8 heteroatoms. The van der Waals surface area contributed by atoms with Gasteiger partial charge in [0.1, 0.15) is 0 Å². The summed E-state index contributed by atoms with van der Waals surface area (Å²) in [5.74, 6) is 0.638. The van der Waals surface area contributed by atoms with Gasteiger partial charge >= 0.3 is 0 Å². The number of nitrogens with zero attached hydrogens (tertiary/aromatic N) is 4. The molecule has 0 atom stereocenters. The van der Waals surface area contributed by atoms with Gasteiger partial charge in [-0.1, -0.05) is 12.1 Å². The Kier molecular flexibility index (Phi) is 2.56. The molecule has 3 N–H and O–H groups in total. The summed E-state index contributed by atoms with van der Waals surface area (Å²) >= 11 is 3.42. The highest BCUT2D eigenvalue weighted by atomic mass is 79.9. The number of nitrogens with two attached hydrogens (primary N) is 1. The second-order valence-corrected chi connectivity index (χ2v) is 4.33. The summed E-state index contributed by atoms with van der Waals surface area (Å²) in [6.45, 7) is 0. The van der Waals surface area contributed by atoms with E-state index >= 15 is 0 Å². The largest absolute Gasteiger partial charge is 0.381 e. The lowest BCUT2D eigenvalue weighted by Crippen LogP contribution is -2.02. The fourth-order valence-corrected chi connectivity index (χ4v) is 1.82. The highest BCUT2D eigenvalue weighted by molar-refractivity contribution is 9.10. The molecule has 0 spiro atoms. The standard InChI is InChI=1S/C10H7BrN6O/c11-5-3-1-2-4-6(5)13-8-7(12)14-9-10(15-8)17-18-16-9/h1-4H,(H2,12,14,16)(H,13,15,17). The number of nitrogen functional groups attached to an aromatic ring is 1. The molecule has 90 valence electrons. The molecule has 3 rings (SSSR count). The maximum absolute atomic E-state index is 5.78. The average Bonchev–Trinajstić information content (AvgIpc) is 2.79. The van der Waals surface area contributed by atoms with Crippen molar-refractivity contribution >= 4 is 44.5 Å². The molecule has 0 saturated heterocycles. The molecule has 0 saturated carbocycles. The fraction of sp³-hybridized carbons (Fsp3) is 0. The first-order valence-corrected chi connectivity index (χ1v) is 5.80. The Balaban J connectivity index is 2.04. The predicted molar refractivity (Wildman–Crippen MR) is 69.2 cm³/mol. The van der Waals surface area contributed by atoms with Gasteiger partial charge in [0.05, 0.1) is 5.69 Å². The van der Waals surface area contributed by atoms with Crippen LogP contribution in [0.15, 0.2) is 33.4 Å². The third-order valence-corrected chi connectivity index (χ3v) is 2.96. The SMILES string of the molecule is Nc1nc2nonc2nc1Nc1ccccc1Br. The van der Waals surface area contributed by atoms with Gasteiger partial charge in [0.15, 0.2) is 11.6 Å². The number of aromatic nitrogens is 4. The number of anilines is 3. The maximum atomic E-state index is 5.78. The van der Waals surface area contributed by atoms with Crippen molar-refractivity contribution in [1.82, 2.24) is 20.3 Å². The highest BCUT2D eigenvalue weighted by Gasteiger charge is 2.11. The molecule has 0 amide bonds. The summed E-state index contributed by atoms with van der Waals surface area (Å²) in [7, 11) is 0. The van der Waals surface area contributed by atoms with Gasteiger partial charge in [-0.25, -0.2) is 14.6 Å². The number of benzene rings is 1. The van der Waals surface area contributed by atoms with Crippen molar-refractivity contribution in [3.05, 3.63) is 28.7 Å². The Bertz CT molecular complexity index is 712. The van der Waals surface area contributed by atoms with Gasteiger partial charge in [-0.2, -0.15) is 0 Å². The summed E-state index contributed by atoms with van der Waals surface area (Å²) < 4.78 is 5.42. The van der Waals surface area contributed by atoms with Crippen molar-refractivity contribution in [2.24, 2.45) is 0 Å². The maximum Gasteiger partial charge on any atom is 0.245 e. The van der Waals surface area contributed by atoms with Crippen LogP contribution in [0, 0.1) is 0 Å². The zero-order valence-electron chi connectivity index (χ0n) is 8.96. The van der Waals surface area contributed by atoms with Crippen molar-refractivity contribution in [3.63, 3.8) is 0 Å². The van der Waals surface area contributed by atoms with E-state index in [2.05, 4.69) is 46.2 Å². The molecular formula is C10H7BrN6O. The Hall–Kier alpha value is -2.22. The molecule has 2 aromatic heterocycles. The predicted octanol–water partition coefficient (Wildman–Crippen LogP) is 2.10. The molecule has 0 aliphatic heterocycles. The van der Waals surface area contributed by atoms with Crippen molar-refractivity contribution in [2.45, 2.75) is 0 Å². The van der Waals surface area contributed by atoms with E-state index in [1.165, 1.54) is 0 Å². The zero-order chi connectivity index (χ0) is 12.5. The highest BCUT2D eigenvalue weighted by Crippen LogP contribution is 2.27. The van der Waals surface area contributed by atoms with Crippen LogP contribution in [0.4, 0.5) is 17.3 Å². The number of fused-ring (bicyclic) bond motifs is 1. The average molecular weight is 307 g/mol. The smallest absolute Gasteiger partial charge is 0.245 e. The summed E-state index contributed by atoms with van der Waals surface area (Å²) in [6.07, 6.45) is 0. The first kappa shape index (κ1) is 10.9. The molecule has 1 aromatic carbocycles. The number of halogens is 1. The summed E-state index contributed by atoms with van der Waals surface area (Å²) in [5.41, 5.74) is 7.20. The quantitative estimate of drug-likeness (QED) is 0.747. The van der Waals surface area contributed by atoms with E-state index in [-0.39, 0.29) is 11.5 Å². The van der Waals surface area contributed by atoms with Gasteiger partial charge in [0.25, 0.3) is 0 Å². The van der Waals surface area contributed by atoms with Gasteiger partial charge in [-0.3, -0.25) is 0 Å². The third kappa shape index (κ3) is 1.86. The molecular weight excluding hydrogens is 300 g/mol. The topological polar surface area (TPSA) is 103 Å². The first-order chi connectivity index (χ1) is 8.74. The monoisotopic (exact) mass is 306 g/mol. The number of para-hydroxylation sites is 1. The molecule has 0 unspecified atom stereocenters. The van der Waals surface area contributed by atoms with Crippen molar-refractivity contribution in [3.8, 4) is 0 Å². The summed E-state index contributed by atoms with van der Waals surface area (Å²) in [6, 6.07) is 7.60. The van der Waals surface area contributed by atoms with Crippen LogP contribution < -0.4 is 11.1 Å². The van der Waals surface area contributed by atoms with Crippen molar-refractivity contribution in [1.29, 1.82) is 0 Å². The number of rotatable bonds is 2. The molecule has 3 aromatic rings. The van der Waals surface area contributed by atoms with Crippen LogP contribution in [-0.2, 0) is 0 Å². The van der Waals surface area contributed by atoms with Crippen LogP contribution in [0.3, 0.4) is 0 Å². The molecule has 2 heterocycles. The lowest BCUT2D eigenvalue weighted by Gasteiger charge is -2.08. The number of nitrogens with one attached hydrogen (secondary N) is 1. The van der Waals surface area contributed by atoms with E-state index in [0.717, 1.165) is 10.2 Å². The Morgan fingerprint density at radius 1 is 1.11 bits per heavy atom. The van der Waals surface area contributed by atoms with Crippen LogP contribution in [0.2, 0.25) is 0 Å². The lowest BCUT2D eigenvalue weighted by molar-refractivity contribution is 0.314. The van der Waals surface area contributed by atoms with Gasteiger partial charge in [0.2, 0.25) is 11.3 Å². The Morgan fingerprint density at radius 3 is 2.61 bits per heavy atom. The summed E-state index contributed by atoms with van der Waals surface area (Å²) in [4.78, 5) is 8.22. The molecule has 7 nitrogen and oxygen atoms in total. The third-order valence-electron chi connectivity index (χ3n) is 2.27. The van der Waals surface area contributed by atoms with Crippen LogP contribution in [0.1, 0.15) is 0 Å². The van der Waals surface area contributed by atoms with E-state index < -0.39 is 0 Å². The summed E-state index contributed by atoms with van der Waals surface area (Å²) in [5, 5.41) is 10.3. The van der Waals surface area contributed by atoms with E-state index in [0.29, 0.717) is 11.5 Å². The number of hydrogen-bond acceptors (Lipinski definition) is 7. The molecule has 18 heavy (non-hydrogen) atoms. The molecule has 0 radical (unpaired) electrons.